The van der Waals surface area contributed by atoms with Crippen molar-refractivity contribution in [1.29, 1.82) is 0 Å². The number of carbonyl (C=O) groups excluding carboxylic acids is 1. The van der Waals surface area contributed by atoms with Crippen molar-refractivity contribution in [2.45, 2.75) is 31.7 Å². The zero-order valence-electron chi connectivity index (χ0n) is 14.4. The Kier molecular flexibility index (Phi) is 6.17. The van der Waals surface area contributed by atoms with Crippen molar-refractivity contribution in [3.63, 3.8) is 0 Å². The Morgan fingerprint density at radius 1 is 1.08 bits per heavy atom. The van der Waals surface area contributed by atoms with Crippen LogP contribution in [0.15, 0.2) is 53.4 Å². The summed E-state index contributed by atoms with van der Waals surface area (Å²) >= 11 is 0. The molecule has 7 heteroatoms. The molecular formula is C18H22N2O4S. The van der Waals surface area contributed by atoms with E-state index in [1.54, 1.807) is 50.2 Å². The number of para-hydroxylation sites is 1. The molecule has 0 atom stereocenters. The molecule has 0 aromatic heterocycles. The number of anilines is 1. The highest BCUT2D eigenvalue weighted by atomic mass is 32.2. The van der Waals surface area contributed by atoms with Crippen LogP contribution in [0.2, 0.25) is 0 Å². The molecule has 0 aliphatic heterocycles. The molecule has 0 saturated carbocycles. The molecule has 0 spiro atoms. The first-order chi connectivity index (χ1) is 11.8. The maximum absolute atomic E-state index is 12.4. The third-order valence-corrected chi connectivity index (χ3v) is 4.92. The highest BCUT2D eigenvalue weighted by molar-refractivity contribution is 7.89. The molecule has 2 rings (SSSR count). The van der Waals surface area contributed by atoms with Crippen molar-refractivity contribution >= 4 is 21.6 Å². The van der Waals surface area contributed by atoms with Crippen molar-refractivity contribution in [3.8, 4) is 5.75 Å². The van der Waals surface area contributed by atoms with E-state index in [0.29, 0.717) is 23.6 Å². The Morgan fingerprint density at radius 2 is 1.72 bits per heavy atom. The topological polar surface area (TPSA) is 84.5 Å². The summed E-state index contributed by atoms with van der Waals surface area (Å²) in [4.78, 5) is 12.6. The molecule has 0 radical (unpaired) electrons. The van der Waals surface area contributed by atoms with Crippen LogP contribution >= 0.6 is 0 Å². The highest BCUT2D eigenvalue weighted by Crippen LogP contribution is 2.20. The van der Waals surface area contributed by atoms with Crippen LogP contribution in [-0.4, -0.2) is 27.0 Å². The van der Waals surface area contributed by atoms with Gasteiger partial charge in [0.2, 0.25) is 10.0 Å². The van der Waals surface area contributed by atoms with Gasteiger partial charge in [-0.1, -0.05) is 12.1 Å². The lowest BCUT2D eigenvalue weighted by atomic mass is 10.2. The van der Waals surface area contributed by atoms with E-state index < -0.39 is 10.0 Å². The zero-order valence-corrected chi connectivity index (χ0v) is 15.3. The van der Waals surface area contributed by atoms with E-state index in [1.807, 2.05) is 6.92 Å². The molecule has 25 heavy (non-hydrogen) atoms. The summed E-state index contributed by atoms with van der Waals surface area (Å²) in [5.41, 5.74) is 0.919. The monoisotopic (exact) mass is 362 g/mol. The second kappa shape index (κ2) is 8.13. The van der Waals surface area contributed by atoms with Crippen molar-refractivity contribution in [2.75, 3.05) is 11.9 Å². The number of sulfonamides is 1. The third-order valence-electron chi connectivity index (χ3n) is 3.24. The average Bonchev–Trinajstić information content (AvgIpc) is 2.55. The van der Waals surface area contributed by atoms with Crippen LogP contribution < -0.4 is 14.8 Å². The van der Waals surface area contributed by atoms with Gasteiger partial charge in [0.05, 0.1) is 17.1 Å². The van der Waals surface area contributed by atoms with Gasteiger partial charge in [-0.05, 0) is 57.2 Å². The first-order valence-corrected chi connectivity index (χ1v) is 9.47. The van der Waals surface area contributed by atoms with E-state index in [1.165, 1.54) is 12.1 Å². The van der Waals surface area contributed by atoms with E-state index in [-0.39, 0.29) is 16.8 Å². The minimum Gasteiger partial charge on any atom is -0.493 e. The van der Waals surface area contributed by atoms with Crippen molar-refractivity contribution in [2.24, 2.45) is 0 Å². The minimum atomic E-state index is -3.55. The summed E-state index contributed by atoms with van der Waals surface area (Å²) < 4.78 is 32.2. The fourth-order valence-electron chi connectivity index (χ4n) is 2.23. The fourth-order valence-corrected chi connectivity index (χ4v) is 3.48. The Balaban J connectivity index is 2.15. The van der Waals surface area contributed by atoms with Crippen molar-refractivity contribution in [1.82, 2.24) is 4.72 Å². The lowest BCUT2D eigenvalue weighted by molar-refractivity contribution is 0.102. The summed E-state index contributed by atoms with van der Waals surface area (Å²) in [6, 6.07) is 12.8. The number of benzene rings is 2. The summed E-state index contributed by atoms with van der Waals surface area (Å²) in [6.45, 7) is 5.81. The number of nitrogens with one attached hydrogen (secondary N) is 2. The molecular weight excluding hydrogens is 340 g/mol. The molecule has 0 heterocycles. The molecule has 0 aliphatic rings. The molecule has 0 bridgehead atoms. The smallest absolute Gasteiger partial charge is 0.259 e. The van der Waals surface area contributed by atoms with Crippen LogP contribution in [-0.2, 0) is 10.0 Å². The van der Waals surface area contributed by atoms with Gasteiger partial charge in [0.25, 0.3) is 5.91 Å². The van der Waals surface area contributed by atoms with Gasteiger partial charge in [-0.15, -0.1) is 0 Å². The van der Waals surface area contributed by atoms with Crippen LogP contribution in [0.25, 0.3) is 0 Å². The van der Waals surface area contributed by atoms with E-state index in [9.17, 15) is 13.2 Å². The molecule has 2 N–H and O–H groups in total. The quantitative estimate of drug-likeness (QED) is 0.793. The average molecular weight is 362 g/mol. The second-order valence-electron chi connectivity index (χ2n) is 5.68. The molecule has 2 aromatic rings. The lowest BCUT2D eigenvalue weighted by Crippen LogP contribution is -2.30. The van der Waals surface area contributed by atoms with Gasteiger partial charge in [0.1, 0.15) is 5.75 Å². The van der Waals surface area contributed by atoms with Crippen LogP contribution in [0.3, 0.4) is 0 Å². The predicted molar refractivity (Wildman–Crippen MR) is 97.5 cm³/mol. The van der Waals surface area contributed by atoms with Gasteiger partial charge in [-0.2, -0.15) is 0 Å². The number of rotatable bonds is 7. The molecule has 2 aromatic carbocycles. The maximum atomic E-state index is 12.4. The maximum Gasteiger partial charge on any atom is 0.259 e. The Bertz CT molecular complexity index is 830. The molecule has 6 nitrogen and oxygen atoms in total. The predicted octanol–water partition coefficient (Wildman–Crippen LogP) is 3.02. The van der Waals surface area contributed by atoms with E-state index in [0.717, 1.165) is 0 Å². The molecule has 134 valence electrons. The number of hydrogen-bond donors (Lipinski definition) is 2. The third kappa shape index (κ3) is 5.04. The Morgan fingerprint density at radius 3 is 2.32 bits per heavy atom. The van der Waals surface area contributed by atoms with Gasteiger partial charge in [-0.3, -0.25) is 4.79 Å². The molecule has 0 fully saturated rings. The largest absolute Gasteiger partial charge is 0.493 e. The van der Waals surface area contributed by atoms with Crippen LogP contribution in [0.5, 0.6) is 5.75 Å². The summed E-state index contributed by atoms with van der Waals surface area (Å²) in [5.74, 6) is 0.183. The normalized spacial score (nSPS) is 11.4. The highest BCUT2D eigenvalue weighted by Gasteiger charge is 2.16. The molecule has 0 aliphatic carbocycles. The lowest BCUT2D eigenvalue weighted by Gasteiger charge is -2.12. The Hall–Kier alpha value is -2.38. The summed E-state index contributed by atoms with van der Waals surface area (Å²) in [5, 5.41) is 2.74. The molecule has 0 unspecified atom stereocenters. The van der Waals surface area contributed by atoms with E-state index in [4.69, 9.17) is 4.74 Å². The fraction of sp³-hybridized carbons (Fsp3) is 0.278. The van der Waals surface area contributed by atoms with Gasteiger partial charge in [0.15, 0.2) is 0 Å². The first kappa shape index (κ1) is 19.0. The molecule has 0 saturated heterocycles. The van der Waals surface area contributed by atoms with Gasteiger partial charge >= 0.3 is 0 Å². The van der Waals surface area contributed by atoms with E-state index >= 15 is 0 Å². The van der Waals surface area contributed by atoms with Crippen molar-refractivity contribution < 1.29 is 17.9 Å². The summed E-state index contributed by atoms with van der Waals surface area (Å²) in [6.07, 6.45) is 0. The SMILES string of the molecule is CCOc1ccccc1C(=O)Nc1ccc(S(=O)(=O)NC(C)C)cc1. The van der Waals surface area contributed by atoms with Crippen molar-refractivity contribution in [3.05, 3.63) is 54.1 Å². The van der Waals surface area contributed by atoms with Crippen LogP contribution in [0.4, 0.5) is 5.69 Å². The van der Waals surface area contributed by atoms with Gasteiger partial charge in [-0.25, -0.2) is 13.1 Å². The van der Waals surface area contributed by atoms with Gasteiger partial charge < -0.3 is 10.1 Å². The standard InChI is InChI=1S/C18H22N2O4S/c1-4-24-17-8-6-5-7-16(17)18(21)19-14-9-11-15(12-10-14)25(22,23)20-13(2)3/h5-13,20H,4H2,1-3H3,(H,19,21). The van der Waals surface area contributed by atoms with Gasteiger partial charge in [0, 0.05) is 11.7 Å². The summed E-state index contributed by atoms with van der Waals surface area (Å²) in [7, 11) is -3.55. The number of ether oxygens (including phenoxy) is 1. The van der Waals surface area contributed by atoms with E-state index in [2.05, 4.69) is 10.0 Å². The number of carbonyl (C=O) groups is 1. The Labute approximate surface area is 148 Å². The van der Waals surface area contributed by atoms with Crippen LogP contribution in [0.1, 0.15) is 31.1 Å². The first-order valence-electron chi connectivity index (χ1n) is 7.99. The number of hydrogen-bond acceptors (Lipinski definition) is 4. The minimum absolute atomic E-state index is 0.147. The number of amides is 1. The van der Waals surface area contributed by atoms with Crippen LogP contribution in [0, 0.1) is 0 Å². The second-order valence-corrected chi connectivity index (χ2v) is 7.40. The molecule has 1 amide bonds. The zero-order chi connectivity index (χ0) is 18.4.